The fourth-order valence-electron chi connectivity index (χ4n) is 1.45. The minimum absolute atomic E-state index is 0.0998. The Kier molecular flexibility index (Phi) is 3.15. The number of nitrogens with zero attached hydrogens (tertiary/aromatic N) is 1. The van der Waals surface area contributed by atoms with Crippen LogP contribution in [0.1, 0.15) is 39.3 Å². The molecule has 0 unspecified atom stereocenters. The molecule has 1 aromatic heterocycles. The van der Waals surface area contributed by atoms with E-state index in [1.54, 1.807) is 11.8 Å². The lowest BCUT2D eigenvalue weighted by Gasteiger charge is -2.19. The molecule has 88 valence electrons. The number of rotatable bonds is 3. The number of hydrogen-bond donors (Lipinski definition) is 0. The Morgan fingerprint density at radius 2 is 2.06 bits per heavy atom. The van der Waals surface area contributed by atoms with E-state index >= 15 is 0 Å². The van der Waals surface area contributed by atoms with E-state index in [1.165, 1.54) is 17.7 Å². The number of aromatic nitrogens is 1. The summed E-state index contributed by atoms with van der Waals surface area (Å²) >= 11 is 1.73. The maximum Gasteiger partial charge on any atom is 0.151 e. The second-order valence-electron chi connectivity index (χ2n) is 5.29. The molecule has 1 aliphatic rings. The van der Waals surface area contributed by atoms with Crippen LogP contribution >= 0.6 is 11.8 Å². The topological polar surface area (TPSA) is 22.1 Å². The monoisotopic (exact) mass is 237 g/mol. The molecule has 0 aliphatic heterocycles. The second-order valence-corrected chi connectivity index (χ2v) is 6.14. The molecule has 1 heterocycles. The fourth-order valence-corrected chi connectivity index (χ4v) is 1.98. The van der Waals surface area contributed by atoms with Crippen LogP contribution in [0.2, 0.25) is 0 Å². The largest absolute Gasteiger partial charge is 0.488 e. The molecule has 0 spiro atoms. The molecule has 0 atom stereocenters. The summed E-state index contributed by atoms with van der Waals surface area (Å²) in [5.41, 5.74) is 1.22. The molecule has 0 amide bonds. The van der Waals surface area contributed by atoms with E-state index in [0.717, 1.165) is 11.4 Å². The van der Waals surface area contributed by atoms with Crippen molar-refractivity contribution in [3.63, 3.8) is 0 Å². The molecular formula is C13H19NOS. The van der Waals surface area contributed by atoms with Crippen molar-refractivity contribution in [3.8, 4) is 5.75 Å². The minimum atomic E-state index is 0.0998. The van der Waals surface area contributed by atoms with Crippen molar-refractivity contribution in [2.75, 3.05) is 6.26 Å². The molecule has 2 rings (SSSR count). The zero-order valence-corrected chi connectivity index (χ0v) is 11.2. The van der Waals surface area contributed by atoms with Crippen molar-refractivity contribution in [1.29, 1.82) is 0 Å². The van der Waals surface area contributed by atoms with Gasteiger partial charge in [-0.3, -0.25) is 4.98 Å². The number of thioether (sulfide) groups is 1. The number of hydrogen-bond acceptors (Lipinski definition) is 3. The van der Waals surface area contributed by atoms with Gasteiger partial charge in [0.05, 0.1) is 17.2 Å². The van der Waals surface area contributed by atoms with Gasteiger partial charge >= 0.3 is 0 Å². The SMILES string of the molecule is CSc1cc(C(C)(C)C)ncc1OC1CC1. The van der Waals surface area contributed by atoms with Crippen LogP contribution in [-0.2, 0) is 5.41 Å². The molecule has 1 fully saturated rings. The highest BCUT2D eigenvalue weighted by Crippen LogP contribution is 2.35. The summed E-state index contributed by atoms with van der Waals surface area (Å²) < 4.78 is 5.83. The first-order valence-electron chi connectivity index (χ1n) is 5.72. The van der Waals surface area contributed by atoms with Crippen LogP contribution in [-0.4, -0.2) is 17.3 Å². The standard InChI is InChI=1S/C13H19NOS/c1-13(2,3)12-7-11(16-4)10(8-14-12)15-9-5-6-9/h7-9H,5-6H2,1-4H3. The van der Waals surface area contributed by atoms with Crippen LogP contribution in [0.4, 0.5) is 0 Å². The van der Waals surface area contributed by atoms with Gasteiger partial charge in [0, 0.05) is 11.1 Å². The van der Waals surface area contributed by atoms with Crippen LogP contribution in [0.5, 0.6) is 5.75 Å². The van der Waals surface area contributed by atoms with Gasteiger partial charge in [-0.2, -0.15) is 0 Å². The molecule has 3 heteroatoms. The van der Waals surface area contributed by atoms with Crippen LogP contribution < -0.4 is 4.74 Å². The summed E-state index contributed by atoms with van der Waals surface area (Å²) in [6.45, 7) is 6.54. The summed E-state index contributed by atoms with van der Waals surface area (Å²) in [4.78, 5) is 5.70. The van der Waals surface area contributed by atoms with Gasteiger partial charge in [-0.15, -0.1) is 11.8 Å². The van der Waals surface area contributed by atoms with Crippen molar-refractivity contribution in [2.24, 2.45) is 0 Å². The van der Waals surface area contributed by atoms with E-state index in [-0.39, 0.29) is 5.41 Å². The molecule has 1 aromatic rings. The summed E-state index contributed by atoms with van der Waals surface area (Å²) in [6.07, 6.45) is 6.78. The minimum Gasteiger partial charge on any atom is -0.488 e. The molecule has 0 bridgehead atoms. The van der Waals surface area contributed by atoms with E-state index in [9.17, 15) is 0 Å². The van der Waals surface area contributed by atoms with Crippen LogP contribution in [0.3, 0.4) is 0 Å². The predicted molar refractivity (Wildman–Crippen MR) is 68.4 cm³/mol. The van der Waals surface area contributed by atoms with Gasteiger partial charge in [-0.1, -0.05) is 20.8 Å². The third-order valence-electron chi connectivity index (χ3n) is 2.64. The van der Waals surface area contributed by atoms with E-state index in [0.29, 0.717) is 6.10 Å². The first-order valence-corrected chi connectivity index (χ1v) is 6.94. The molecule has 2 nitrogen and oxygen atoms in total. The van der Waals surface area contributed by atoms with E-state index in [2.05, 4.69) is 38.1 Å². The lowest BCUT2D eigenvalue weighted by atomic mass is 9.92. The Hall–Kier alpha value is -0.700. The summed E-state index contributed by atoms with van der Waals surface area (Å²) in [6, 6.07) is 2.16. The van der Waals surface area contributed by atoms with E-state index in [4.69, 9.17) is 4.74 Å². The first kappa shape index (κ1) is 11.8. The Morgan fingerprint density at radius 1 is 1.38 bits per heavy atom. The van der Waals surface area contributed by atoms with Gasteiger partial charge < -0.3 is 4.74 Å². The van der Waals surface area contributed by atoms with Gasteiger partial charge in [-0.05, 0) is 25.2 Å². The average molecular weight is 237 g/mol. The normalized spacial score (nSPS) is 16.2. The predicted octanol–water partition coefficient (Wildman–Crippen LogP) is 3.64. The Labute approximate surface area is 102 Å². The maximum absolute atomic E-state index is 5.83. The van der Waals surface area contributed by atoms with Crippen LogP contribution in [0, 0.1) is 0 Å². The lowest BCUT2D eigenvalue weighted by molar-refractivity contribution is 0.294. The third-order valence-corrected chi connectivity index (χ3v) is 3.40. The summed E-state index contributed by atoms with van der Waals surface area (Å²) in [5, 5.41) is 0. The van der Waals surface area contributed by atoms with Gasteiger partial charge in [-0.25, -0.2) is 0 Å². The van der Waals surface area contributed by atoms with Gasteiger partial charge in [0.1, 0.15) is 0 Å². The van der Waals surface area contributed by atoms with Crippen molar-refractivity contribution in [1.82, 2.24) is 4.98 Å². The van der Waals surface area contributed by atoms with E-state index in [1.807, 2.05) is 6.20 Å². The highest BCUT2D eigenvalue weighted by molar-refractivity contribution is 7.98. The van der Waals surface area contributed by atoms with Crippen molar-refractivity contribution in [3.05, 3.63) is 18.0 Å². The van der Waals surface area contributed by atoms with Crippen molar-refractivity contribution < 1.29 is 4.74 Å². The molecule has 0 aromatic carbocycles. The van der Waals surface area contributed by atoms with E-state index < -0.39 is 0 Å². The van der Waals surface area contributed by atoms with Gasteiger partial charge in [0.25, 0.3) is 0 Å². The molecule has 1 saturated carbocycles. The number of pyridine rings is 1. The smallest absolute Gasteiger partial charge is 0.151 e. The molecule has 16 heavy (non-hydrogen) atoms. The molecule has 0 radical (unpaired) electrons. The second kappa shape index (κ2) is 4.28. The zero-order chi connectivity index (χ0) is 11.8. The molecule has 0 saturated heterocycles. The maximum atomic E-state index is 5.83. The molecule has 1 aliphatic carbocycles. The molecular weight excluding hydrogens is 218 g/mol. The average Bonchev–Trinajstić information content (AvgIpc) is 3.00. The lowest BCUT2D eigenvalue weighted by Crippen LogP contribution is -2.13. The quantitative estimate of drug-likeness (QED) is 0.749. The van der Waals surface area contributed by atoms with Crippen molar-refractivity contribution in [2.45, 2.75) is 50.0 Å². The highest BCUT2D eigenvalue weighted by Gasteiger charge is 2.25. The highest BCUT2D eigenvalue weighted by atomic mass is 32.2. The summed E-state index contributed by atoms with van der Waals surface area (Å²) in [7, 11) is 0. The fraction of sp³-hybridized carbons (Fsp3) is 0.615. The zero-order valence-electron chi connectivity index (χ0n) is 10.4. The molecule has 0 N–H and O–H groups in total. The summed E-state index contributed by atoms with van der Waals surface area (Å²) in [5.74, 6) is 0.947. The Balaban J connectivity index is 2.26. The Morgan fingerprint density at radius 3 is 2.56 bits per heavy atom. The first-order chi connectivity index (χ1) is 7.50. The van der Waals surface area contributed by atoms with Crippen LogP contribution in [0.15, 0.2) is 17.2 Å². The number of ether oxygens (including phenoxy) is 1. The third kappa shape index (κ3) is 2.70. The van der Waals surface area contributed by atoms with Gasteiger partial charge in [0.2, 0.25) is 0 Å². The van der Waals surface area contributed by atoms with Gasteiger partial charge in [0.15, 0.2) is 5.75 Å². The van der Waals surface area contributed by atoms with Crippen molar-refractivity contribution >= 4 is 11.8 Å². The van der Waals surface area contributed by atoms with Crippen LogP contribution in [0.25, 0.3) is 0 Å². The Bertz CT molecular complexity index is 380.